The summed E-state index contributed by atoms with van der Waals surface area (Å²) in [5, 5.41) is 0. The maximum Gasteiger partial charge on any atom is 0.118 e. The van der Waals surface area contributed by atoms with Crippen molar-refractivity contribution in [2.75, 3.05) is 14.2 Å². The zero-order valence-corrected chi connectivity index (χ0v) is 18.2. The van der Waals surface area contributed by atoms with Crippen molar-refractivity contribution >= 4 is 22.3 Å². The van der Waals surface area contributed by atoms with Crippen molar-refractivity contribution in [3.63, 3.8) is 0 Å². The molecule has 2 nitrogen and oxygen atoms in total. The van der Waals surface area contributed by atoms with E-state index in [2.05, 4.69) is 84.9 Å². The predicted octanol–water partition coefficient (Wildman–Crippen LogP) is 7.24. The third kappa shape index (κ3) is 3.50. The van der Waals surface area contributed by atoms with E-state index in [1.54, 1.807) is 14.2 Å². The minimum Gasteiger partial charge on any atom is -0.497 e. The van der Waals surface area contributed by atoms with E-state index in [0.717, 1.165) is 11.5 Å². The van der Waals surface area contributed by atoms with Crippen LogP contribution < -0.4 is 9.47 Å². The first-order valence-electron chi connectivity index (χ1n) is 10.7. The van der Waals surface area contributed by atoms with Crippen LogP contribution in [0, 0.1) is 0 Å². The molecule has 0 N–H and O–H groups in total. The lowest BCUT2D eigenvalue weighted by atomic mass is 9.69. The summed E-state index contributed by atoms with van der Waals surface area (Å²) in [6.45, 7) is 0. The number of benzene rings is 4. The molecule has 0 spiro atoms. The summed E-state index contributed by atoms with van der Waals surface area (Å²) < 4.78 is 10.8. The fourth-order valence-electron chi connectivity index (χ4n) is 4.32. The van der Waals surface area contributed by atoms with Gasteiger partial charge in [-0.25, -0.2) is 0 Å². The lowest BCUT2D eigenvalue weighted by Crippen LogP contribution is -2.10. The maximum absolute atomic E-state index is 5.40. The second-order valence-electron chi connectivity index (χ2n) is 7.69. The summed E-state index contributed by atoms with van der Waals surface area (Å²) in [4.78, 5) is 0. The third-order valence-corrected chi connectivity index (χ3v) is 5.88. The van der Waals surface area contributed by atoms with Crippen LogP contribution in [0.15, 0.2) is 109 Å². The Kier molecular flexibility index (Phi) is 5.35. The summed E-state index contributed by atoms with van der Waals surface area (Å²) >= 11 is 0. The monoisotopic (exact) mass is 416 g/mol. The molecule has 0 saturated carbocycles. The molecule has 4 aromatic rings. The Morgan fingerprint density at radius 3 is 0.906 bits per heavy atom. The zero-order valence-electron chi connectivity index (χ0n) is 18.2. The van der Waals surface area contributed by atoms with Crippen molar-refractivity contribution < 1.29 is 9.47 Å². The molecule has 0 unspecified atom stereocenters. The van der Waals surface area contributed by atoms with Crippen molar-refractivity contribution in [3.8, 4) is 11.5 Å². The van der Waals surface area contributed by atoms with E-state index in [4.69, 9.17) is 9.47 Å². The van der Waals surface area contributed by atoms with Gasteiger partial charge < -0.3 is 9.47 Å². The average Bonchev–Trinajstić information content (AvgIpc) is 2.86. The first-order chi connectivity index (χ1) is 15.8. The Hall–Kier alpha value is -4.04. The molecule has 0 heterocycles. The van der Waals surface area contributed by atoms with Gasteiger partial charge in [0.2, 0.25) is 0 Å². The zero-order chi connectivity index (χ0) is 21.9. The van der Waals surface area contributed by atoms with Crippen LogP contribution in [-0.2, 0) is 0 Å². The Morgan fingerprint density at radius 1 is 0.344 bits per heavy atom. The Bertz CT molecular complexity index is 1160. The van der Waals surface area contributed by atoms with Gasteiger partial charge in [0.15, 0.2) is 0 Å². The maximum atomic E-state index is 5.40. The lowest BCUT2D eigenvalue weighted by Gasteiger charge is -2.33. The lowest BCUT2D eigenvalue weighted by molar-refractivity contribution is 0.414. The van der Waals surface area contributed by atoms with E-state index in [1.165, 1.54) is 44.5 Å². The smallest absolute Gasteiger partial charge is 0.118 e. The Morgan fingerprint density at radius 2 is 0.625 bits per heavy atom. The first-order valence-corrected chi connectivity index (χ1v) is 10.7. The summed E-state index contributed by atoms with van der Waals surface area (Å²) in [6, 6.07) is 37.9. The van der Waals surface area contributed by atoms with Gasteiger partial charge in [0.05, 0.1) is 14.2 Å². The van der Waals surface area contributed by atoms with Gasteiger partial charge in [0.1, 0.15) is 11.5 Å². The molecule has 156 valence electrons. The fourth-order valence-corrected chi connectivity index (χ4v) is 4.32. The number of ether oxygens (including phenoxy) is 2. The van der Waals surface area contributed by atoms with Gasteiger partial charge in [-0.05, 0) is 68.8 Å². The standard InChI is InChI=1S/C30H24O2/c1-31-25-17-13-23(14-18-25)29-27(21-9-5-3-6-10-21)30(24-15-19-26(32-2)20-16-24)28(29)22-11-7-4-8-12-22/h3-20H,1-2H3. The molecule has 0 aromatic heterocycles. The third-order valence-electron chi connectivity index (χ3n) is 5.88. The van der Waals surface area contributed by atoms with Crippen molar-refractivity contribution in [1.82, 2.24) is 0 Å². The molecular formula is C30H24O2. The van der Waals surface area contributed by atoms with Gasteiger partial charge in [-0.1, -0.05) is 84.9 Å². The van der Waals surface area contributed by atoms with Crippen LogP contribution in [0.4, 0.5) is 0 Å². The van der Waals surface area contributed by atoms with Gasteiger partial charge in [-0.15, -0.1) is 0 Å². The molecule has 0 amide bonds. The summed E-state index contributed by atoms with van der Waals surface area (Å²) in [7, 11) is 3.40. The molecule has 1 aliphatic carbocycles. The van der Waals surface area contributed by atoms with Gasteiger partial charge in [-0.3, -0.25) is 0 Å². The Balaban J connectivity index is 1.75. The Labute approximate surface area is 189 Å². The second-order valence-corrected chi connectivity index (χ2v) is 7.69. The first kappa shape index (κ1) is 19.9. The molecule has 2 heteroatoms. The molecule has 0 bridgehead atoms. The number of hydrogen-bond acceptors (Lipinski definition) is 2. The molecule has 5 rings (SSSR count). The van der Waals surface area contributed by atoms with E-state index in [9.17, 15) is 0 Å². The van der Waals surface area contributed by atoms with Crippen molar-refractivity contribution in [2.45, 2.75) is 0 Å². The number of rotatable bonds is 6. The van der Waals surface area contributed by atoms with E-state index in [0.29, 0.717) is 0 Å². The van der Waals surface area contributed by atoms with Crippen LogP contribution in [0.2, 0.25) is 0 Å². The van der Waals surface area contributed by atoms with Crippen LogP contribution in [0.1, 0.15) is 22.3 Å². The second kappa shape index (κ2) is 8.60. The van der Waals surface area contributed by atoms with Gasteiger partial charge >= 0.3 is 0 Å². The van der Waals surface area contributed by atoms with E-state index < -0.39 is 0 Å². The normalized spacial score (nSPS) is 13.1. The molecular weight excluding hydrogens is 392 g/mol. The van der Waals surface area contributed by atoms with Crippen molar-refractivity contribution in [1.29, 1.82) is 0 Å². The minimum absolute atomic E-state index is 0.857. The average molecular weight is 417 g/mol. The van der Waals surface area contributed by atoms with E-state index in [-0.39, 0.29) is 0 Å². The van der Waals surface area contributed by atoms with Gasteiger partial charge in [-0.2, -0.15) is 0 Å². The summed E-state index contributed by atoms with van der Waals surface area (Å²) in [6.07, 6.45) is 0. The SMILES string of the molecule is COc1ccc(C2=C(c3ccccc3)C(c3ccc(OC)cc3)=C2c2ccccc2)cc1. The molecule has 4 aromatic carbocycles. The quantitative estimate of drug-likeness (QED) is 0.330. The summed E-state index contributed by atoms with van der Waals surface area (Å²) in [5.74, 6) is 1.71. The van der Waals surface area contributed by atoms with E-state index >= 15 is 0 Å². The topological polar surface area (TPSA) is 18.5 Å². The molecule has 0 atom stereocenters. The number of allylic oxidation sites excluding steroid dienone is 4. The van der Waals surface area contributed by atoms with Gasteiger partial charge in [0.25, 0.3) is 0 Å². The largest absolute Gasteiger partial charge is 0.497 e. The summed E-state index contributed by atoms with van der Waals surface area (Å²) in [5.41, 5.74) is 9.83. The van der Waals surface area contributed by atoms with Crippen LogP contribution in [0.3, 0.4) is 0 Å². The highest BCUT2D eigenvalue weighted by Gasteiger charge is 2.32. The highest BCUT2D eigenvalue weighted by atomic mass is 16.5. The fraction of sp³-hybridized carbons (Fsp3) is 0.0667. The van der Waals surface area contributed by atoms with Crippen molar-refractivity contribution in [3.05, 3.63) is 131 Å². The highest BCUT2D eigenvalue weighted by molar-refractivity contribution is 6.43. The van der Waals surface area contributed by atoms with Crippen LogP contribution in [0.5, 0.6) is 11.5 Å². The number of methoxy groups -OCH3 is 2. The van der Waals surface area contributed by atoms with Crippen LogP contribution in [-0.4, -0.2) is 14.2 Å². The molecule has 0 radical (unpaired) electrons. The molecule has 0 saturated heterocycles. The molecule has 0 fully saturated rings. The van der Waals surface area contributed by atoms with E-state index in [1.807, 2.05) is 24.3 Å². The van der Waals surface area contributed by atoms with Gasteiger partial charge in [0, 0.05) is 0 Å². The number of hydrogen-bond donors (Lipinski definition) is 0. The predicted molar refractivity (Wildman–Crippen MR) is 132 cm³/mol. The molecule has 32 heavy (non-hydrogen) atoms. The van der Waals surface area contributed by atoms with Crippen LogP contribution >= 0.6 is 0 Å². The molecule has 0 aliphatic heterocycles. The highest BCUT2D eigenvalue weighted by Crippen LogP contribution is 2.56. The van der Waals surface area contributed by atoms with Crippen molar-refractivity contribution in [2.24, 2.45) is 0 Å². The van der Waals surface area contributed by atoms with Crippen LogP contribution in [0.25, 0.3) is 22.3 Å². The molecule has 1 aliphatic rings. The minimum atomic E-state index is 0.857.